The molecular formula is C88H150NO8+. The first kappa shape index (κ1) is 92.2. The highest BCUT2D eigenvalue weighted by atomic mass is 16.7. The molecule has 0 aliphatic heterocycles. The molecule has 0 amide bonds. The monoisotopic (exact) mass is 1350 g/mol. The number of rotatable bonds is 73. The number of hydrogen-bond acceptors (Lipinski definition) is 7. The Morgan fingerprint density at radius 1 is 0.309 bits per heavy atom. The number of ether oxygens (including phenoxy) is 4. The van der Waals surface area contributed by atoms with E-state index in [9.17, 15) is 19.5 Å². The summed E-state index contributed by atoms with van der Waals surface area (Å²) in [5, 5.41) is 9.78. The fourth-order valence-electron chi connectivity index (χ4n) is 11.1. The van der Waals surface area contributed by atoms with E-state index in [0.717, 1.165) is 116 Å². The van der Waals surface area contributed by atoms with Gasteiger partial charge in [-0.1, -0.05) is 352 Å². The molecule has 2 unspecified atom stereocenters. The van der Waals surface area contributed by atoms with E-state index in [1.165, 1.54) is 193 Å². The minimum absolute atomic E-state index is 0.184. The van der Waals surface area contributed by atoms with E-state index in [4.69, 9.17) is 18.9 Å². The Labute approximate surface area is 598 Å². The Bertz CT molecular complexity index is 2110. The van der Waals surface area contributed by atoms with Crippen LogP contribution in [0.15, 0.2) is 146 Å². The summed E-state index contributed by atoms with van der Waals surface area (Å²) in [6.07, 6.45) is 110. The quantitative estimate of drug-likeness (QED) is 0.0211. The first-order valence-electron chi connectivity index (χ1n) is 40.0. The zero-order valence-corrected chi connectivity index (χ0v) is 63.4. The molecule has 0 saturated carbocycles. The van der Waals surface area contributed by atoms with Gasteiger partial charge in [0.15, 0.2) is 6.10 Å². The molecule has 1 N–H and O–H groups in total. The number of hydrogen-bond donors (Lipinski definition) is 1. The molecule has 0 radical (unpaired) electrons. The van der Waals surface area contributed by atoms with Crippen LogP contribution in [0.3, 0.4) is 0 Å². The van der Waals surface area contributed by atoms with E-state index >= 15 is 0 Å². The second-order valence-corrected chi connectivity index (χ2v) is 27.6. The molecule has 0 spiro atoms. The predicted octanol–water partition coefficient (Wildman–Crippen LogP) is 25.8. The highest BCUT2D eigenvalue weighted by Gasteiger charge is 2.25. The number of carboxylic acid groups (broad SMARTS) is 1. The minimum atomic E-state index is -1.52. The summed E-state index contributed by atoms with van der Waals surface area (Å²) in [6.45, 7) is 4.68. The molecule has 0 fully saturated rings. The van der Waals surface area contributed by atoms with Gasteiger partial charge in [0, 0.05) is 12.8 Å². The molecule has 0 aliphatic rings. The minimum Gasteiger partial charge on any atom is -0.477 e. The fourth-order valence-corrected chi connectivity index (χ4v) is 11.1. The van der Waals surface area contributed by atoms with Crippen molar-refractivity contribution in [1.82, 2.24) is 0 Å². The van der Waals surface area contributed by atoms with E-state index in [-0.39, 0.29) is 32.2 Å². The van der Waals surface area contributed by atoms with Crippen molar-refractivity contribution in [3.05, 3.63) is 146 Å². The third-order valence-corrected chi connectivity index (χ3v) is 17.1. The first-order valence-corrected chi connectivity index (χ1v) is 40.0. The summed E-state index contributed by atoms with van der Waals surface area (Å²) in [6, 6.07) is 0. The molecule has 0 aromatic rings. The first-order chi connectivity index (χ1) is 47.6. The van der Waals surface area contributed by atoms with Gasteiger partial charge < -0.3 is 28.5 Å². The van der Waals surface area contributed by atoms with Crippen molar-refractivity contribution >= 4 is 17.9 Å². The number of likely N-dealkylation sites (N-methyl/N-ethyl adjacent to an activating group) is 1. The van der Waals surface area contributed by atoms with Crippen LogP contribution in [-0.2, 0) is 33.3 Å². The number of allylic oxidation sites excluding steroid dienone is 24. The number of carbonyl (C=O) groups excluding carboxylic acids is 2. The topological polar surface area (TPSA) is 108 Å². The van der Waals surface area contributed by atoms with Gasteiger partial charge >= 0.3 is 17.9 Å². The van der Waals surface area contributed by atoms with E-state index in [1.54, 1.807) is 0 Å². The van der Waals surface area contributed by atoms with Gasteiger partial charge in [-0.05, 0) is 116 Å². The van der Waals surface area contributed by atoms with Gasteiger partial charge in [-0.25, -0.2) is 4.79 Å². The Hall–Kier alpha value is -4.83. The molecule has 97 heavy (non-hydrogen) atoms. The van der Waals surface area contributed by atoms with Crippen LogP contribution in [0.1, 0.15) is 335 Å². The number of aliphatic carboxylic acids is 1. The van der Waals surface area contributed by atoms with Crippen LogP contribution in [0.25, 0.3) is 0 Å². The summed E-state index contributed by atoms with van der Waals surface area (Å²) in [5.41, 5.74) is 0. The SMILES string of the molecule is CC/C=C\C/C=C\C/C=C\C/C=C\C/C=C\C/C=C\C/C=C\CCCCCCCCCCCCCCCCCC(=O)OC(COC(=O)CCCCCCCCCCCCCCCCCCCCC/C=C\C/C=C\C/C=C\C/C=C\C/C=C\CC)COC(OCC[N+](C)(C)C)C(=O)O. The molecule has 0 rings (SSSR count). The predicted molar refractivity (Wildman–Crippen MR) is 419 cm³/mol. The number of carboxylic acids is 1. The average Bonchev–Trinajstić information content (AvgIpc) is 3.11. The van der Waals surface area contributed by atoms with Gasteiger partial charge in [0.2, 0.25) is 0 Å². The molecule has 0 saturated heterocycles. The molecule has 0 bridgehead atoms. The zero-order chi connectivity index (χ0) is 70.4. The van der Waals surface area contributed by atoms with Crippen molar-refractivity contribution in [2.75, 3.05) is 47.5 Å². The third-order valence-electron chi connectivity index (χ3n) is 17.1. The summed E-state index contributed by atoms with van der Waals surface area (Å²) < 4.78 is 23.1. The molecular weight excluding hydrogens is 1200 g/mol. The number of nitrogens with zero attached hydrogens (tertiary/aromatic N) is 1. The van der Waals surface area contributed by atoms with Gasteiger partial charge in [0.25, 0.3) is 6.29 Å². The van der Waals surface area contributed by atoms with Crippen LogP contribution in [0.4, 0.5) is 0 Å². The van der Waals surface area contributed by atoms with Gasteiger partial charge in [-0.2, -0.15) is 0 Å². The number of quaternary nitrogens is 1. The van der Waals surface area contributed by atoms with Gasteiger partial charge in [0.1, 0.15) is 13.2 Å². The van der Waals surface area contributed by atoms with Crippen molar-refractivity contribution < 1.29 is 42.9 Å². The van der Waals surface area contributed by atoms with Crippen molar-refractivity contribution in [2.24, 2.45) is 0 Å². The van der Waals surface area contributed by atoms with Gasteiger partial charge in [0.05, 0.1) is 34.4 Å². The summed E-state index contributed by atoms with van der Waals surface area (Å²) >= 11 is 0. The lowest BCUT2D eigenvalue weighted by Crippen LogP contribution is -2.40. The Morgan fingerprint density at radius 3 is 0.825 bits per heavy atom. The molecule has 0 heterocycles. The molecule has 9 nitrogen and oxygen atoms in total. The zero-order valence-electron chi connectivity index (χ0n) is 63.4. The third kappa shape index (κ3) is 78.4. The number of unbranched alkanes of at least 4 members (excludes halogenated alkanes) is 34. The maximum Gasteiger partial charge on any atom is 0.361 e. The van der Waals surface area contributed by atoms with Crippen molar-refractivity contribution in [2.45, 2.75) is 347 Å². The maximum atomic E-state index is 13.0. The summed E-state index contributed by atoms with van der Waals surface area (Å²) in [7, 11) is 5.99. The van der Waals surface area contributed by atoms with Crippen LogP contribution in [0, 0.1) is 0 Å². The summed E-state index contributed by atoms with van der Waals surface area (Å²) in [5.74, 6) is -2.00. The fraction of sp³-hybridized carbons (Fsp3) is 0.693. The lowest BCUT2D eigenvalue weighted by molar-refractivity contribution is -0.870. The molecule has 0 aliphatic carbocycles. The van der Waals surface area contributed by atoms with E-state index in [1.807, 2.05) is 21.1 Å². The van der Waals surface area contributed by atoms with E-state index in [0.29, 0.717) is 17.4 Å². The van der Waals surface area contributed by atoms with Crippen molar-refractivity contribution in [3.8, 4) is 0 Å². The van der Waals surface area contributed by atoms with E-state index < -0.39 is 24.3 Å². The molecule has 0 aromatic heterocycles. The van der Waals surface area contributed by atoms with Crippen LogP contribution in [-0.4, -0.2) is 87.4 Å². The lowest BCUT2D eigenvalue weighted by Gasteiger charge is -2.25. The Morgan fingerprint density at radius 2 is 0.557 bits per heavy atom. The lowest BCUT2D eigenvalue weighted by atomic mass is 10.0. The molecule has 2 atom stereocenters. The standard InChI is InChI=1S/C88H149NO8/c1-6-8-10-12-14-16-18-20-22-24-26-28-30-32-34-36-38-40-42-43-45-47-49-51-53-55-57-59-61-63-65-67-69-71-73-75-77-79-86(91)97-84(83-96-88(87(92)93)94-81-80-89(3,4)5)82-95-85(90)78-76-74-72-70-68-66-64-62-60-58-56-54-52-50-48-46-44-41-39-37-35-33-31-29-27-25-23-21-19-17-15-13-11-9-7-2/h8-11,14-17,20-23,26-29,32-35,38,40,43,45,84,88H,6-7,12-13,18-19,24-25,30-31,36-37,39,41-42,44,46-83H2,1-5H3/p+1/b10-8-,11-9-,16-14-,17-15-,22-20-,23-21-,28-26-,29-27-,34-32-,35-33-,40-38-,45-43-. The van der Waals surface area contributed by atoms with Crippen LogP contribution in [0.2, 0.25) is 0 Å². The Kier molecular flexibility index (Phi) is 73.1. The summed E-state index contributed by atoms with van der Waals surface area (Å²) in [4.78, 5) is 37.8. The Balaban J connectivity index is 4.04. The molecule has 554 valence electrons. The van der Waals surface area contributed by atoms with Crippen LogP contribution >= 0.6 is 0 Å². The molecule has 9 heteroatoms. The second-order valence-electron chi connectivity index (χ2n) is 27.6. The van der Waals surface area contributed by atoms with E-state index in [2.05, 4.69) is 160 Å². The number of carbonyl (C=O) groups is 3. The molecule has 0 aromatic carbocycles. The second kappa shape index (κ2) is 76.9. The number of esters is 2. The largest absolute Gasteiger partial charge is 0.477 e. The van der Waals surface area contributed by atoms with Crippen LogP contribution in [0.5, 0.6) is 0 Å². The average molecular weight is 1350 g/mol. The van der Waals surface area contributed by atoms with Gasteiger partial charge in [-0.3, -0.25) is 9.59 Å². The normalized spacial score (nSPS) is 13.5. The van der Waals surface area contributed by atoms with Gasteiger partial charge in [-0.15, -0.1) is 0 Å². The van der Waals surface area contributed by atoms with Crippen LogP contribution < -0.4 is 0 Å². The highest BCUT2D eigenvalue weighted by molar-refractivity contribution is 5.71. The van der Waals surface area contributed by atoms with Crippen molar-refractivity contribution in [1.29, 1.82) is 0 Å². The highest BCUT2D eigenvalue weighted by Crippen LogP contribution is 2.18. The smallest absolute Gasteiger partial charge is 0.361 e. The van der Waals surface area contributed by atoms with Crippen molar-refractivity contribution in [3.63, 3.8) is 0 Å². The maximum absolute atomic E-state index is 13.0.